The third kappa shape index (κ3) is 8.26. The van der Waals surface area contributed by atoms with E-state index >= 15 is 0 Å². The van der Waals surface area contributed by atoms with Gasteiger partial charge in [0.1, 0.15) is 6.29 Å². The summed E-state index contributed by atoms with van der Waals surface area (Å²) in [6.45, 7) is 8.23. The van der Waals surface area contributed by atoms with E-state index in [-0.39, 0.29) is 18.9 Å². The number of anilines is 1. The Morgan fingerprint density at radius 1 is 1.24 bits per heavy atom. The van der Waals surface area contributed by atoms with E-state index in [4.69, 9.17) is 27.8 Å². The second-order valence-electron chi connectivity index (χ2n) is 8.14. The van der Waals surface area contributed by atoms with Crippen molar-refractivity contribution in [2.45, 2.75) is 26.2 Å². The van der Waals surface area contributed by atoms with Gasteiger partial charge in [-0.15, -0.1) is 0 Å². The monoisotopic (exact) mass is 481 g/mol. The predicted molar refractivity (Wildman–Crippen MR) is 130 cm³/mol. The Labute approximate surface area is 200 Å². The molecule has 184 valence electrons. The highest BCUT2D eigenvalue weighted by molar-refractivity contribution is 6.34. The Kier molecular flexibility index (Phi) is 11.6. The maximum atomic E-state index is 13.1. The summed E-state index contributed by atoms with van der Waals surface area (Å²) in [6, 6.07) is 4.06. The van der Waals surface area contributed by atoms with Crippen LogP contribution in [-0.4, -0.2) is 87.1 Å². The fraction of sp³-hybridized carbons (Fsp3) is 0.609. The zero-order valence-corrected chi connectivity index (χ0v) is 20.1. The van der Waals surface area contributed by atoms with Crippen molar-refractivity contribution in [3.05, 3.63) is 28.8 Å². The molecule has 9 nitrogen and oxygen atoms in total. The van der Waals surface area contributed by atoms with Crippen molar-refractivity contribution in [3.8, 4) is 0 Å². The molecule has 33 heavy (non-hydrogen) atoms. The van der Waals surface area contributed by atoms with E-state index in [9.17, 15) is 14.4 Å². The molecule has 3 amide bonds. The molecule has 0 saturated carbocycles. The van der Waals surface area contributed by atoms with Gasteiger partial charge in [0.2, 0.25) is 0 Å². The van der Waals surface area contributed by atoms with Gasteiger partial charge in [0.15, 0.2) is 0 Å². The number of aldehydes is 1. The molecule has 0 radical (unpaired) electrons. The number of urea groups is 1. The van der Waals surface area contributed by atoms with Crippen LogP contribution < -0.4 is 16.4 Å². The van der Waals surface area contributed by atoms with Gasteiger partial charge in [-0.05, 0) is 43.5 Å². The number of halogens is 1. The number of carbonyl (C=O) groups is 3. The molecular weight excluding hydrogens is 446 g/mol. The number of hydrogen-bond acceptors (Lipinski definition) is 6. The van der Waals surface area contributed by atoms with Gasteiger partial charge in [0.25, 0.3) is 5.91 Å². The van der Waals surface area contributed by atoms with E-state index in [1.54, 1.807) is 18.2 Å². The topological polar surface area (TPSA) is 122 Å². The molecular formula is C23H36ClN5O4. The molecule has 1 aliphatic heterocycles. The van der Waals surface area contributed by atoms with Crippen molar-refractivity contribution in [3.63, 3.8) is 0 Å². The number of hydrogen-bond donors (Lipinski definition) is 2. The van der Waals surface area contributed by atoms with Crippen LogP contribution in [0.5, 0.6) is 0 Å². The van der Waals surface area contributed by atoms with Gasteiger partial charge in [-0.1, -0.05) is 18.5 Å². The molecule has 1 fully saturated rings. The van der Waals surface area contributed by atoms with E-state index in [1.165, 1.54) is 4.90 Å². The van der Waals surface area contributed by atoms with Gasteiger partial charge in [-0.25, -0.2) is 4.79 Å². The quantitative estimate of drug-likeness (QED) is 0.328. The van der Waals surface area contributed by atoms with Crippen LogP contribution >= 0.6 is 11.6 Å². The minimum Gasteiger partial charge on any atom is -0.380 e. The van der Waals surface area contributed by atoms with Gasteiger partial charge >= 0.3 is 6.03 Å². The summed E-state index contributed by atoms with van der Waals surface area (Å²) < 4.78 is 5.87. The lowest BCUT2D eigenvalue weighted by Crippen LogP contribution is -2.40. The van der Waals surface area contributed by atoms with Crippen LogP contribution in [0.4, 0.5) is 10.5 Å². The molecule has 0 aliphatic carbocycles. The number of ether oxygens (including phenoxy) is 1. The average Bonchev–Trinajstić information content (AvgIpc) is 2.82. The number of primary amides is 1. The number of carbonyl (C=O) groups excluding carboxylic acids is 3. The zero-order chi connectivity index (χ0) is 24.2. The van der Waals surface area contributed by atoms with Gasteiger partial charge in [0, 0.05) is 57.9 Å². The molecule has 1 heterocycles. The smallest absolute Gasteiger partial charge is 0.319 e. The molecule has 0 aromatic heterocycles. The van der Waals surface area contributed by atoms with Crippen molar-refractivity contribution >= 4 is 35.5 Å². The number of likely N-dealkylation sites (N-methyl/N-ethyl adjacent to an activating group) is 1. The molecule has 0 bridgehead atoms. The summed E-state index contributed by atoms with van der Waals surface area (Å²) in [5, 5.41) is 0.292. The molecule has 0 unspecified atom stereocenters. The molecule has 0 atom stereocenters. The summed E-state index contributed by atoms with van der Waals surface area (Å²) in [7, 11) is 0. The van der Waals surface area contributed by atoms with Gasteiger partial charge < -0.3 is 30.8 Å². The molecule has 4 N–H and O–H groups in total. The van der Waals surface area contributed by atoms with Crippen molar-refractivity contribution in [2.75, 3.05) is 63.9 Å². The standard InChI is InChI=1S/C23H36ClN5O4/c1-2-27(12-8-25)13-15-33-17-18-6-10-28(11-7-18)22(31)19-4-5-20(24)21(16-19)29(23(26)32)9-3-14-30/h4-5,14,16,18H,2-3,6-13,15,17,25H2,1H3,(H2,26,32). The minimum atomic E-state index is -0.728. The highest BCUT2D eigenvalue weighted by atomic mass is 35.5. The summed E-state index contributed by atoms with van der Waals surface area (Å²) in [5.74, 6) is 0.306. The second-order valence-corrected chi connectivity index (χ2v) is 8.55. The van der Waals surface area contributed by atoms with E-state index in [0.717, 1.165) is 32.5 Å². The molecule has 10 heteroatoms. The molecule has 1 aromatic carbocycles. The molecule has 1 saturated heterocycles. The Bertz CT molecular complexity index is 786. The van der Waals surface area contributed by atoms with Crippen molar-refractivity contribution in [2.24, 2.45) is 17.4 Å². The Balaban J connectivity index is 1.89. The summed E-state index contributed by atoms with van der Waals surface area (Å²) in [6.07, 6.45) is 2.57. The van der Waals surface area contributed by atoms with Crippen molar-refractivity contribution < 1.29 is 19.1 Å². The lowest BCUT2D eigenvalue weighted by molar-refractivity contribution is -0.107. The molecule has 1 aromatic rings. The minimum absolute atomic E-state index is 0.101. The highest BCUT2D eigenvalue weighted by Gasteiger charge is 2.25. The van der Waals surface area contributed by atoms with Gasteiger partial charge in [-0.2, -0.15) is 0 Å². The molecule has 2 rings (SSSR count). The number of nitrogens with zero attached hydrogens (tertiary/aromatic N) is 3. The summed E-state index contributed by atoms with van der Waals surface area (Å²) in [4.78, 5) is 40.9. The Hall–Kier alpha value is -2.20. The van der Waals surface area contributed by atoms with Crippen LogP contribution in [-0.2, 0) is 9.53 Å². The van der Waals surface area contributed by atoms with Crippen LogP contribution in [0.1, 0.15) is 36.5 Å². The largest absolute Gasteiger partial charge is 0.380 e. The lowest BCUT2D eigenvalue weighted by Gasteiger charge is -2.32. The fourth-order valence-electron chi connectivity index (χ4n) is 3.92. The average molecular weight is 482 g/mol. The van der Waals surface area contributed by atoms with E-state index < -0.39 is 6.03 Å². The van der Waals surface area contributed by atoms with E-state index in [2.05, 4.69) is 11.8 Å². The van der Waals surface area contributed by atoms with Crippen LogP contribution in [0, 0.1) is 5.92 Å². The number of nitrogens with two attached hydrogens (primary N) is 2. The third-order valence-electron chi connectivity index (χ3n) is 5.92. The normalized spacial score (nSPS) is 14.5. The summed E-state index contributed by atoms with van der Waals surface area (Å²) in [5.41, 5.74) is 11.8. The van der Waals surface area contributed by atoms with Gasteiger partial charge in [0.05, 0.1) is 17.3 Å². The number of rotatable bonds is 13. The van der Waals surface area contributed by atoms with Gasteiger partial charge in [-0.3, -0.25) is 9.69 Å². The van der Waals surface area contributed by atoms with Crippen molar-refractivity contribution in [1.82, 2.24) is 9.80 Å². The van der Waals surface area contributed by atoms with Crippen LogP contribution in [0.25, 0.3) is 0 Å². The predicted octanol–water partition coefficient (Wildman–Crippen LogP) is 1.96. The Morgan fingerprint density at radius 2 is 1.97 bits per heavy atom. The molecule has 1 aliphatic rings. The second kappa shape index (κ2) is 14.1. The first kappa shape index (κ1) is 27.0. The first-order chi connectivity index (χ1) is 15.9. The lowest BCUT2D eigenvalue weighted by atomic mass is 9.97. The number of piperidine rings is 1. The van der Waals surface area contributed by atoms with Crippen LogP contribution in [0.3, 0.4) is 0 Å². The zero-order valence-electron chi connectivity index (χ0n) is 19.4. The number of benzene rings is 1. The van der Waals surface area contributed by atoms with E-state index in [1.807, 2.05) is 4.90 Å². The fourth-order valence-corrected chi connectivity index (χ4v) is 4.14. The summed E-state index contributed by atoms with van der Waals surface area (Å²) >= 11 is 6.24. The molecule has 0 spiro atoms. The SMILES string of the molecule is CCN(CCN)CCOCC1CCN(C(=O)c2ccc(Cl)c(N(CCC=O)C(N)=O)c2)CC1. The Morgan fingerprint density at radius 3 is 2.58 bits per heavy atom. The highest BCUT2D eigenvalue weighted by Crippen LogP contribution is 2.28. The maximum Gasteiger partial charge on any atom is 0.319 e. The van der Waals surface area contributed by atoms with E-state index in [0.29, 0.717) is 61.3 Å². The van der Waals surface area contributed by atoms with Crippen LogP contribution in [0.15, 0.2) is 18.2 Å². The maximum absolute atomic E-state index is 13.1. The number of likely N-dealkylation sites (tertiary alicyclic amines) is 1. The first-order valence-electron chi connectivity index (χ1n) is 11.5. The van der Waals surface area contributed by atoms with Crippen LogP contribution in [0.2, 0.25) is 5.02 Å². The first-order valence-corrected chi connectivity index (χ1v) is 11.9. The third-order valence-corrected chi connectivity index (χ3v) is 6.24. The number of amides is 3. The van der Waals surface area contributed by atoms with Crippen molar-refractivity contribution in [1.29, 1.82) is 0 Å².